The lowest BCUT2D eigenvalue weighted by Gasteiger charge is -2.10. The number of benzene rings is 2. The third kappa shape index (κ3) is 4.23. The number of imidazole rings is 1. The number of rotatable bonds is 5. The zero-order valence-corrected chi connectivity index (χ0v) is 16.0. The molecule has 0 atom stereocenters. The minimum absolute atomic E-state index is 0.0481. The summed E-state index contributed by atoms with van der Waals surface area (Å²) < 4.78 is 20.2. The molecule has 1 heterocycles. The Bertz CT molecular complexity index is 1050. The van der Waals surface area contributed by atoms with E-state index in [1.807, 2.05) is 24.5 Å². The molecule has 146 valence electrons. The van der Waals surface area contributed by atoms with Crippen LogP contribution in [0.5, 0.6) is 5.75 Å². The normalized spacial score (nSPS) is 10.7. The molecule has 2 N–H and O–H groups in total. The largest absolute Gasteiger partial charge is 0.482 e. The Labute approximate surface area is 165 Å². The van der Waals surface area contributed by atoms with Crippen molar-refractivity contribution in [2.75, 3.05) is 6.61 Å². The number of nitrogens with one attached hydrogen (secondary N) is 2. The Morgan fingerprint density at radius 2 is 2.00 bits per heavy atom. The molecule has 0 saturated carbocycles. The average molecular weight is 405 g/mol. The number of carbonyl (C=O) groups excluding carboxylic acids is 2. The van der Waals surface area contributed by atoms with E-state index in [-0.39, 0.29) is 10.8 Å². The van der Waals surface area contributed by atoms with Gasteiger partial charge in [-0.2, -0.15) is 0 Å². The number of aryl methyl sites for hydroxylation is 2. The molecule has 0 saturated heterocycles. The van der Waals surface area contributed by atoms with Crippen molar-refractivity contribution < 1.29 is 18.7 Å². The molecular formula is C19H18ClFN4O3. The van der Waals surface area contributed by atoms with Gasteiger partial charge in [-0.1, -0.05) is 11.6 Å². The molecule has 9 heteroatoms. The molecule has 2 aromatic carbocycles. The van der Waals surface area contributed by atoms with Crippen LogP contribution in [0.3, 0.4) is 0 Å². The van der Waals surface area contributed by atoms with Crippen LogP contribution in [0, 0.1) is 12.7 Å². The van der Waals surface area contributed by atoms with Gasteiger partial charge in [-0.15, -0.1) is 0 Å². The summed E-state index contributed by atoms with van der Waals surface area (Å²) >= 11 is 5.82. The quantitative estimate of drug-likeness (QED) is 0.640. The summed E-state index contributed by atoms with van der Waals surface area (Å²) in [6.07, 6.45) is 0. The van der Waals surface area contributed by atoms with E-state index >= 15 is 0 Å². The number of fused-ring (bicyclic) bond motifs is 1. The Kier molecular flexibility index (Phi) is 5.79. The Morgan fingerprint density at radius 1 is 1.21 bits per heavy atom. The fraction of sp³-hybridized carbons (Fsp3) is 0.211. The highest BCUT2D eigenvalue weighted by atomic mass is 35.5. The fourth-order valence-electron chi connectivity index (χ4n) is 2.76. The summed E-state index contributed by atoms with van der Waals surface area (Å²) in [6.45, 7) is 4.30. The number of halogens is 2. The predicted octanol–water partition coefficient (Wildman–Crippen LogP) is 3.00. The van der Waals surface area contributed by atoms with E-state index in [2.05, 4.69) is 15.8 Å². The number of ether oxygens (including phenoxy) is 1. The minimum atomic E-state index is -0.596. The number of hydrogen-bond acceptors (Lipinski definition) is 4. The first-order chi connectivity index (χ1) is 13.4. The van der Waals surface area contributed by atoms with E-state index in [0.717, 1.165) is 24.0 Å². The second-order valence-electron chi connectivity index (χ2n) is 5.97. The molecule has 7 nitrogen and oxygen atoms in total. The van der Waals surface area contributed by atoms with Gasteiger partial charge in [-0.05, 0) is 50.2 Å². The van der Waals surface area contributed by atoms with Crippen molar-refractivity contribution in [1.82, 2.24) is 20.4 Å². The van der Waals surface area contributed by atoms with Crippen molar-refractivity contribution in [3.63, 3.8) is 0 Å². The number of nitrogens with zero attached hydrogens (tertiary/aromatic N) is 2. The van der Waals surface area contributed by atoms with Crippen molar-refractivity contribution in [2.24, 2.45) is 0 Å². The van der Waals surface area contributed by atoms with Crippen molar-refractivity contribution in [2.45, 2.75) is 20.4 Å². The second-order valence-corrected chi connectivity index (χ2v) is 6.38. The molecule has 3 rings (SSSR count). The van der Waals surface area contributed by atoms with E-state index in [4.69, 9.17) is 16.3 Å². The maximum absolute atomic E-state index is 13.0. The summed E-state index contributed by atoms with van der Waals surface area (Å²) in [6, 6.07) is 8.69. The topological polar surface area (TPSA) is 85.3 Å². The van der Waals surface area contributed by atoms with Gasteiger partial charge in [0.25, 0.3) is 11.8 Å². The Morgan fingerprint density at radius 3 is 2.71 bits per heavy atom. The summed E-state index contributed by atoms with van der Waals surface area (Å²) in [4.78, 5) is 28.5. The molecule has 28 heavy (non-hydrogen) atoms. The van der Waals surface area contributed by atoms with Crippen molar-refractivity contribution >= 4 is 34.4 Å². The summed E-state index contributed by atoms with van der Waals surface area (Å²) in [5.41, 5.74) is 6.56. The van der Waals surface area contributed by atoms with Crippen LogP contribution in [0.4, 0.5) is 4.39 Å². The third-order valence-corrected chi connectivity index (χ3v) is 4.38. The average Bonchev–Trinajstić information content (AvgIpc) is 2.99. The minimum Gasteiger partial charge on any atom is -0.482 e. The molecule has 0 aliphatic heterocycles. The number of hydrazine groups is 1. The van der Waals surface area contributed by atoms with E-state index in [9.17, 15) is 14.0 Å². The van der Waals surface area contributed by atoms with Crippen LogP contribution in [-0.2, 0) is 11.3 Å². The molecule has 0 spiro atoms. The second kappa shape index (κ2) is 8.26. The highest BCUT2D eigenvalue weighted by molar-refractivity contribution is 6.32. The monoisotopic (exact) mass is 404 g/mol. The van der Waals surface area contributed by atoms with Gasteiger partial charge in [0, 0.05) is 12.1 Å². The van der Waals surface area contributed by atoms with Crippen LogP contribution in [0.1, 0.15) is 23.1 Å². The Hall–Kier alpha value is -3.13. The van der Waals surface area contributed by atoms with Crippen molar-refractivity contribution in [3.05, 3.63) is 58.6 Å². The molecular weight excluding hydrogens is 387 g/mol. The van der Waals surface area contributed by atoms with Crippen LogP contribution >= 0.6 is 11.6 Å². The van der Waals surface area contributed by atoms with Gasteiger partial charge in [0.15, 0.2) is 6.61 Å². The van der Waals surface area contributed by atoms with E-state index in [1.165, 1.54) is 12.1 Å². The number of amides is 2. The molecule has 0 fully saturated rings. The van der Waals surface area contributed by atoms with Crippen LogP contribution in [0.15, 0.2) is 36.4 Å². The zero-order valence-electron chi connectivity index (χ0n) is 15.3. The lowest BCUT2D eigenvalue weighted by atomic mass is 10.2. The van der Waals surface area contributed by atoms with Gasteiger partial charge >= 0.3 is 0 Å². The molecule has 0 aliphatic rings. The molecule has 0 radical (unpaired) electrons. The SMILES string of the molecule is CCn1c(C)nc2cc(C(=O)NNC(=O)COc3ccc(F)cc3Cl)ccc21. The highest BCUT2D eigenvalue weighted by Crippen LogP contribution is 2.24. The van der Waals surface area contributed by atoms with Gasteiger partial charge in [-0.3, -0.25) is 20.4 Å². The summed E-state index contributed by atoms with van der Waals surface area (Å²) in [5, 5.41) is 0.0481. The molecule has 3 aromatic rings. The Balaban J connectivity index is 1.57. The molecule has 0 bridgehead atoms. The molecule has 1 aromatic heterocycles. The van der Waals surface area contributed by atoms with E-state index in [0.29, 0.717) is 11.1 Å². The van der Waals surface area contributed by atoms with Gasteiger partial charge < -0.3 is 9.30 Å². The van der Waals surface area contributed by atoms with Gasteiger partial charge in [0.2, 0.25) is 0 Å². The van der Waals surface area contributed by atoms with Crippen molar-refractivity contribution in [3.8, 4) is 5.75 Å². The lowest BCUT2D eigenvalue weighted by molar-refractivity contribution is -0.123. The van der Waals surface area contributed by atoms with Crippen LogP contribution in [0.2, 0.25) is 5.02 Å². The molecule has 0 aliphatic carbocycles. The van der Waals surface area contributed by atoms with Gasteiger partial charge in [0.1, 0.15) is 17.4 Å². The first kappa shape index (κ1) is 19.6. The maximum Gasteiger partial charge on any atom is 0.276 e. The summed E-state index contributed by atoms with van der Waals surface area (Å²) in [7, 11) is 0. The first-order valence-corrected chi connectivity index (χ1v) is 8.90. The van der Waals surface area contributed by atoms with Crippen LogP contribution in [-0.4, -0.2) is 28.0 Å². The predicted molar refractivity (Wildman–Crippen MR) is 103 cm³/mol. The maximum atomic E-state index is 13.0. The fourth-order valence-corrected chi connectivity index (χ4v) is 2.98. The smallest absolute Gasteiger partial charge is 0.276 e. The standard InChI is InChI=1S/C19H18ClFN4O3/c1-3-25-11(2)22-15-8-12(4-6-16(15)25)19(27)24-23-18(26)10-28-17-7-5-13(21)9-14(17)20/h4-9H,3,10H2,1-2H3,(H,23,26)(H,24,27). The number of hydrogen-bond donors (Lipinski definition) is 2. The zero-order chi connectivity index (χ0) is 20.3. The van der Waals surface area contributed by atoms with E-state index in [1.54, 1.807) is 12.1 Å². The number of aromatic nitrogens is 2. The highest BCUT2D eigenvalue weighted by Gasteiger charge is 2.12. The van der Waals surface area contributed by atoms with E-state index < -0.39 is 24.2 Å². The summed E-state index contributed by atoms with van der Waals surface area (Å²) in [5.74, 6) is -0.568. The first-order valence-electron chi connectivity index (χ1n) is 8.53. The van der Waals surface area contributed by atoms with Gasteiger partial charge in [-0.25, -0.2) is 9.37 Å². The third-order valence-electron chi connectivity index (χ3n) is 4.09. The van der Waals surface area contributed by atoms with Gasteiger partial charge in [0.05, 0.1) is 16.1 Å². The molecule has 2 amide bonds. The molecule has 0 unspecified atom stereocenters. The lowest BCUT2D eigenvalue weighted by Crippen LogP contribution is -2.43. The van der Waals surface area contributed by atoms with Crippen LogP contribution in [0.25, 0.3) is 11.0 Å². The number of carbonyl (C=O) groups is 2. The van der Waals surface area contributed by atoms with Crippen molar-refractivity contribution in [1.29, 1.82) is 0 Å². The van der Waals surface area contributed by atoms with Crippen LogP contribution < -0.4 is 15.6 Å².